The Kier molecular flexibility index (Phi) is 3.68. The van der Waals surface area contributed by atoms with Crippen LogP contribution in [-0.4, -0.2) is 9.97 Å². The molecule has 0 N–H and O–H groups in total. The van der Waals surface area contributed by atoms with E-state index in [1.54, 1.807) is 11.3 Å². The van der Waals surface area contributed by atoms with Crippen molar-refractivity contribution >= 4 is 85.5 Å². The molecule has 0 saturated heterocycles. The molecule has 146 valence electrons. The average Bonchev–Trinajstić information content (AvgIpc) is 3.37. The first-order valence-electron chi connectivity index (χ1n) is 9.96. The van der Waals surface area contributed by atoms with Gasteiger partial charge in [-0.25, -0.2) is 9.97 Å². The fourth-order valence-electron chi connectivity index (χ4n) is 4.50. The summed E-state index contributed by atoms with van der Waals surface area (Å²) >= 11 is 10.0. The van der Waals surface area contributed by atoms with Crippen LogP contribution in [0.1, 0.15) is 0 Å². The molecule has 0 aliphatic rings. The number of fused-ring (bicyclic) bond motifs is 8. The van der Waals surface area contributed by atoms with E-state index in [9.17, 15) is 0 Å². The first kappa shape index (κ1) is 17.6. The van der Waals surface area contributed by atoms with Crippen LogP contribution in [0.5, 0.6) is 0 Å². The summed E-state index contributed by atoms with van der Waals surface area (Å²) in [5.74, 6) is 0. The molecular formula is C26H13ClN2S2. The molecule has 2 nitrogen and oxygen atoms in total. The Hall–Kier alpha value is -3.05. The van der Waals surface area contributed by atoms with Crippen LogP contribution in [0, 0.1) is 0 Å². The topological polar surface area (TPSA) is 25.8 Å². The van der Waals surface area contributed by atoms with Crippen molar-refractivity contribution in [2.24, 2.45) is 0 Å². The molecule has 0 bridgehead atoms. The number of hydrogen-bond donors (Lipinski definition) is 0. The highest BCUT2D eigenvalue weighted by Crippen LogP contribution is 2.45. The van der Waals surface area contributed by atoms with Gasteiger partial charge in [-0.3, -0.25) is 0 Å². The summed E-state index contributed by atoms with van der Waals surface area (Å²) in [5, 5.41) is 6.39. The lowest BCUT2D eigenvalue weighted by atomic mass is 10.0. The summed E-state index contributed by atoms with van der Waals surface area (Å²) < 4.78 is 4.81. The summed E-state index contributed by atoms with van der Waals surface area (Å²) in [5.41, 5.74) is 2.96. The Bertz CT molecular complexity index is 1810. The quantitative estimate of drug-likeness (QED) is 0.233. The zero-order chi connectivity index (χ0) is 20.5. The number of hydrogen-bond acceptors (Lipinski definition) is 4. The summed E-state index contributed by atoms with van der Waals surface area (Å²) in [6, 6.07) is 27.8. The van der Waals surface area contributed by atoms with Gasteiger partial charge in [0.25, 0.3) is 0 Å². The molecule has 31 heavy (non-hydrogen) atoms. The van der Waals surface area contributed by atoms with Crippen molar-refractivity contribution in [2.75, 3.05) is 0 Å². The van der Waals surface area contributed by atoms with Gasteiger partial charge in [0.05, 0.1) is 15.9 Å². The second kappa shape index (κ2) is 6.47. The summed E-state index contributed by atoms with van der Waals surface area (Å²) in [7, 11) is 0. The van der Waals surface area contributed by atoms with E-state index in [0.717, 1.165) is 26.9 Å². The molecule has 0 radical (unpaired) electrons. The maximum Gasteiger partial charge on any atom is 0.223 e. The van der Waals surface area contributed by atoms with E-state index >= 15 is 0 Å². The van der Waals surface area contributed by atoms with Crippen molar-refractivity contribution in [3.05, 3.63) is 84.1 Å². The highest BCUT2D eigenvalue weighted by atomic mass is 35.5. The maximum atomic E-state index is 6.50. The Morgan fingerprint density at radius 1 is 0.613 bits per heavy atom. The number of benzene rings is 4. The van der Waals surface area contributed by atoms with Crippen LogP contribution in [-0.2, 0) is 0 Å². The Morgan fingerprint density at radius 2 is 1.39 bits per heavy atom. The van der Waals surface area contributed by atoms with Crippen molar-refractivity contribution in [1.29, 1.82) is 0 Å². The third-order valence-electron chi connectivity index (χ3n) is 5.84. The SMILES string of the molecule is Clc1nc(-c2cccc3c2sc2ccccc23)c2sc3ccc4ccccc4c3c2n1. The van der Waals surface area contributed by atoms with Gasteiger partial charge in [-0.2, -0.15) is 0 Å². The van der Waals surface area contributed by atoms with Gasteiger partial charge < -0.3 is 0 Å². The van der Waals surface area contributed by atoms with Crippen LogP contribution in [0.3, 0.4) is 0 Å². The van der Waals surface area contributed by atoms with Crippen molar-refractivity contribution < 1.29 is 0 Å². The Morgan fingerprint density at radius 3 is 2.32 bits per heavy atom. The van der Waals surface area contributed by atoms with Gasteiger partial charge in [0.15, 0.2) is 0 Å². The second-order valence-corrected chi connectivity index (χ2v) is 10.0. The van der Waals surface area contributed by atoms with Gasteiger partial charge in [-0.15, -0.1) is 22.7 Å². The number of thiophene rings is 2. The molecule has 5 heteroatoms. The fourth-order valence-corrected chi connectivity index (χ4v) is 7.04. The van der Waals surface area contributed by atoms with Crippen molar-refractivity contribution in [3.8, 4) is 11.3 Å². The molecule has 3 heterocycles. The summed E-state index contributed by atoms with van der Waals surface area (Å²) in [4.78, 5) is 9.43. The first-order valence-corrected chi connectivity index (χ1v) is 12.0. The maximum absolute atomic E-state index is 6.50. The summed E-state index contributed by atoms with van der Waals surface area (Å²) in [6.07, 6.45) is 0. The van der Waals surface area contributed by atoms with Crippen LogP contribution < -0.4 is 0 Å². The number of rotatable bonds is 1. The van der Waals surface area contributed by atoms with Crippen LogP contribution in [0.4, 0.5) is 0 Å². The first-order chi connectivity index (χ1) is 15.3. The van der Waals surface area contributed by atoms with E-state index in [1.165, 1.54) is 35.6 Å². The third-order valence-corrected chi connectivity index (χ3v) is 8.38. The Labute approximate surface area is 190 Å². The predicted octanol–water partition coefficient (Wildman–Crippen LogP) is 8.69. The van der Waals surface area contributed by atoms with Crippen LogP contribution in [0.15, 0.2) is 78.9 Å². The van der Waals surface area contributed by atoms with E-state index in [4.69, 9.17) is 21.6 Å². The molecular weight excluding hydrogens is 440 g/mol. The normalized spacial score (nSPS) is 12.0. The minimum atomic E-state index is 0.285. The highest BCUT2D eigenvalue weighted by Gasteiger charge is 2.19. The van der Waals surface area contributed by atoms with Gasteiger partial charge in [0, 0.05) is 35.8 Å². The van der Waals surface area contributed by atoms with E-state index in [-0.39, 0.29) is 5.28 Å². The minimum Gasteiger partial charge on any atom is -0.216 e. The highest BCUT2D eigenvalue weighted by molar-refractivity contribution is 7.27. The number of nitrogens with zero attached hydrogens (tertiary/aromatic N) is 2. The predicted molar refractivity (Wildman–Crippen MR) is 136 cm³/mol. The lowest BCUT2D eigenvalue weighted by Crippen LogP contribution is -1.89. The molecule has 0 aliphatic heterocycles. The molecule has 0 spiro atoms. The van der Waals surface area contributed by atoms with Gasteiger partial charge in [-0.1, -0.05) is 66.7 Å². The number of aromatic nitrogens is 2. The van der Waals surface area contributed by atoms with Crippen LogP contribution >= 0.6 is 34.3 Å². The molecule has 7 rings (SSSR count). The molecule has 7 aromatic rings. The van der Waals surface area contributed by atoms with Crippen molar-refractivity contribution in [3.63, 3.8) is 0 Å². The molecule has 0 fully saturated rings. The molecule has 0 aliphatic carbocycles. The average molecular weight is 453 g/mol. The smallest absolute Gasteiger partial charge is 0.216 e. The summed E-state index contributed by atoms with van der Waals surface area (Å²) in [6.45, 7) is 0. The van der Waals surface area contributed by atoms with Crippen molar-refractivity contribution in [1.82, 2.24) is 9.97 Å². The molecule has 0 unspecified atom stereocenters. The fraction of sp³-hybridized carbons (Fsp3) is 0. The van der Waals surface area contributed by atoms with Crippen LogP contribution in [0.25, 0.3) is 62.5 Å². The third kappa shape index (κ3) is 2.50. The molecule has 4 aromatic carbocycles. The molecule has 0 atom stereocenters. The minimum absolute atomic E-state index is 0.285. The largest absolute Gasteiger partial charge is 0.223 e. The lowest BCUT2D eigenvalue weighted by molar-refractivity contribution is 1.24. The monoisotopic (exact) mass is 452 g/mol. The van der Waals surface area contributed by atoms with E-state index in [1.807, 2.05) is 11.3 Å². The van der Waals surface area contributed by atoms with Gasteiger partial charge in [0.1, 0.15) is 0 Å². The second-order valence-electron chi connectivity index (χ2n) is 7.56. The van der Waals surface area contributed by atoms with Gasteiger partial charge in [0.2, 0.25) is 5.28 Å². The molecule has 0 amide bonds. The van der Waals surface area contributed by atoms with E-state index in [0.29, 0.717) is 0 Å². The van der Waals surface area contributed by atoms with Crippen molar-refractivity contribution in [2.45, 2.75) is 0 Å². The van der Waals surface area contributed by atoms with E-state index in [2.05, 4.69) is 78.9 Å². The van der Waals surface area contributed by atoms with Gasteiger partial charge in [-0.05, 0) is 34.5 Å². The van der Waals surface area contributed by atoms with Gasteiger partial charge >= 0.3 is 0 Å². The zero-order valence-electron chi connectivity index (χ0n) is 16.1. The van der Waals surface area contributed by atoms with Crippen LogP contribution in [0.2, 0.25) is 5.28 Å². The van der Waals surface area contributed by atoms with E-state index < -0.39 is 0 Å². The Balaban J connectivity index is 1.65. The molecule has 3 aromatic heterocycles. The lowest BCUT2D eigenvalue weighted by Gasteiger charge is -2.05. The zero-order valence-corrected chi connectivity index (χ0v) is 18.5. The number of halogens is 1. The molecule has 0 saturated carbocycles. The standard InChI is InChI=1S/C26H13ClN2S2/c27-26-28-22(18-10-5-9-17-16-8-3-4-11-19(16)30-24(17)18)25-23(29-26)21-15-7-2-1-6-14(15)12-13-20(21)31-25/h1-13H.